The zero-order valence-electron chi connectivity index (χ0n) is 8.74. The van der Waals surface area contributed by atoms with Crippen LogP contribution in [0, 0.1) is 0 Å². The lowest BCUT2D eigenvalue weighted by molar-refractivity contribution is 0.115. The SMILES string of the molecule is CO[C@@H](C)c1ncccc1C(C)C. The Kier molecular flexibility index (Phi) is 3.43. The van der Waals surface area contributed by atoms with Crippen LogP contribution in [0.15, 0.2) is 18.3 Å². The first kappa shape index (κ1) is 10.2. The number of hydrogen-bond donors (Lipinski definition) is 0. The number of methoxy groups -OCH3 is 1. The van der Waals surface area contributed by atoms with Crippen molar-refractivity contribution >= 4 is 0 Å². The van der Waals surface area contributed by atoms with Crippen molar-refractivity contribution in [3.63, 3.8) is 0 Å². The molecule has 0 saturated heterocycles. The second-order valence-corrected chi connectivity index (χ2v) is 3.51. The van der Waals surface area contributed by atoms with E-state index in [0.29, 0.717) is 5.92 Å². The van der Waals surface area contributed by atoms with Gasteiger partial charge in [-0.15, -0.1) is 0 Å². The third kappa shape index (κ3) is 2.28. The van der Waals surface area contributed by atoms with Crippen molar-refractivity contribution in [3.05, 3.63) is 29.6 Å². The molecule has 0 aliphatic carbocycles. The number of hydrogen-bond acceptors (Lipinski definition) is 2. The molecule has 0 aliphatic heterocycles. The second-order valence-electron chi connectivity index (χ2n) is 3.51. The summed E-state index contributed by atoms with van der Waals surface area (Å²) in [7, 11) is 1.71. The minimum atomic E-state index is 0.0820. The molecular formula is C11H17NO. The molecule has 0 radical (unpaired) electrons. The number of nitrogens with zero attached hydrogens (tertiary/aromatic N) is 1. The molecule has 1 rings (SSSR count). The van der Waals surface area contributed by atoms with E-state index in [1.807, 2.05) is 19.2 Å². The third-order valence-electron chi connectivity index (χ3n) is 2.23. The summed E-state index contributed by atoms with van der Waals surface area (Å²) in [5, 5.41) is 0. The van der Waals surface area contributed by atoms with Crippen LogP contribution in [0.2, 0.25) is 0 Å². The molecule has 2 heteroatoms. The van der Waals surface area contributed by atoms with Crippen molar-refractivity contribution in [2.45, 2.75) is 32.8 Å². The Morgan fingerprint density at radius 2 is 2.00 bits per heavy atom. The molecule has 0 fully saturated rings. The molecule has 1 aromatic heterocycles. The molecule has 0 unspecified atom stereocenters. The van der Waals surface area contributed by atoms with E-state index in [-0.39, 0.29) is 6.10 Å². The van der Waals surface area contributed by atoms with Gasteiger partial charge in [-0.25, -0.2) is 0 Å². The van der Waals surface area contributed by atoms with Gasteiger partial charge in [0.15, 0.2) is 0 Å². The molecular weight excluding hydrogens is 162 g/mol. The Balaban J connectivity index is 3.04. The van der Waals surface area contributed by atoms with Crippen LogP contribution in [0.4, 0.5) is 0 Å². The van der Waals surface area contributed by atoms with E-state index in [1.54, 1.807) is 7.11 Å². The average molecular weight is 179 g/mol. The highest BCUT2D eigenvalue weighted by atomic mass is 16.5. The molecule has 13 heavy (non-hydrogen) atoms. The highest BCUT2D eigenvalue weighted by Gasteiger charge is 2.12. The van der Waals surface area contributed by atoms with Gasteiger partial charge in [0, 0.05) is 13.3 Å². The number of aromatic nitrogens is 1. The second kappa shape index (κ2) is 4.38. The summed E-state index contributed by atoms with van der Waals surface area (Å²) in [6, 6.07) is 4.09. The topological polar surface area (TPSA) is 22.1 Å². The minimum Gasteiger partial charge on any atom is -0.375 e. The molecule has 0 amide bonds. The van der Waals surface area contributed by atoms with Crippen LogP contribution >= 0.6 is 0 Å². The lowest BCUT2D eigenvalue weighted by Gasteiger charge is -2.15. The van der Waals surface area contributed by atoms with Crippen LogP contribution in [-0.2, 0) is 4.74 Å². The minimum absolute atomic E-state index is 0.0820. The predicted octanol–water partition coefficient (Wildman–Crippen LogP) is 2.91. The van der Waals surface area contributed by atoms with Crippen LogP contribution in [0.25, 0.3) is 0 Å². The van der Waals surface area contributed by atoms with Crippen molar-refractivity contribution < 1.29 is 4.74 Å². The fourth-order valence-corrected chi connectivity index (χ4v) is 1.37. The summed E-state index contributed by atoms with van der Waals surface area (Å²) in [5.74, 6) is 0.501. The molecule has 0 spiro atoms. The van der Waals surface area contributed by atoms with Crippen LogP contribution in [-0.4, -0.2) is 12.1 Å². The van der Waals surface area contributed by atoms with Gasteiger partial charge in [-0.3, -0.25) is 4.98 Å². The maximum absolute atomic E-state index is 5.26. The van der Waals surface area contributed by atoms with Crippen LogP contribution in [0.3, 0.4) is 0 Å². The Hall–Kier alpha value is -0.890. The molecule has 0 aromatic carbocycles. The van der Waals surface area contributed by atoms with Gasteiger partial charge in [0.05, 0.1) is 11.8 Å². The van der Waals surface area contributed by atoms with Gasteiger partial charge in [-0.2, -0.15) is 0 Å². The summed E-state index contributed by atoms with van der Waals surface area (Å²) in [6.07, 6.45) is 1.90. The van der Waals surface area contributed by atoms with Gasteiger partial charge in [-0.1, -0.05) is 19.9 Å². The fourth-order valence-electron chi connectivity index (χ4n) is 1.37. The molecule has 0 aliphatic rings. The van der Waals surface area contributed by atoms with Crippen molar-refractivity contribution in [1.82, 2.24) is 4.98 Å². The highest BCUT2D eigenvalue weighted by Crippen LogP contribution is 2.23. The smallest absolute Gasteiger partial charge is 0.0965 e. The Bertz CT molecular complexity index is 271. The predicted molar refractivity (Wildman–Crippen MR) is 53.8 cm³/mol. The Morgan fingerprint density at radius 1 is 1.31 bits per heavy atom. The van der Waals surface area contributed by atoms with E-state index in [2.05, 4.69) is 24.9 Å². The number of ether oxygens (including phenoxy) is 1. The van der Waals surface area contributed by atoms with Crippen LogP contribution < -0.4 is 0 Å². The molecule has 1 aromatic rings. The van der Waals surface area contributed by atoms with Crippen LogP contribution in [0.1, 0.15) is 44.1 Å². The summed E-state index contributed by atoms with van der Waals surface area (Å²) < 4.78 is 5.26. The molecule has 1 heterocycles. The zero-order valence-corrected chi connectivity index (χ0v) is 8.74. The summed E-state index contributed by atoms with van der Waals surface area (Å²) in [4.78, 5) is 4.35. The van der Waals surface area contributed by atoms with Crippen molar-refractivity contribution in [2.75, 3.05) is 7.11 Å². The van der Waals surface area contributed by atoms with Gasteiger partial charge in [-0.05, 0) is 24.5 Å². The largest absolute Gasteiger partial charge is 0.375 e. The summed E-state index contributed by atoms with van der Waals surface area (Å²) >= 11 is 0. The number of rotatable bonds is 3. The maximum atomic E-state index is 5.26. The van der Waals surface area contributed by atoms with Gasteiger partial charge in [0.1, 0.15) is 0 Å². The van der Waals surface area contributed by atoms with Gasteiger partial charge in [0.25, 0.3) is 0 Å². The molecule has 72 valence electrons. The van der Waals surface area contributed by atoms with E-state index in [0.717, 1.165) is 5.69 Å². The first-order chi connectivity index (χ1) is 6.16. The van der Waals surface area contributed by atoms with Gasteiger partial charge in [0.2, 0.25) is 0 Å². The molecule has 1 atom stereocenters. The van der Waals surface area contributed by atoms with E-state index in [9.17, 15) is 0 Å². The van der Waals surface area contributed by atoms with Gasteiger partial charge >= 0.3 is 0 Å². The van der Waals surface area contributed by atoms with Crippen LogP contribution in [0.5, 0.6) is 0 Å². The highest BCUT2D eigenvalue weighted by molar-refractivity contribution is 5.24. The van der Waals surface area contributed by atoms with Crippen molar-refractivity contribution in [3.8, 4) is 0 Å². The first-order valence-electron chi connectivity index (χ1n) is 4.64. The monoisotopic (exact) mass is 179 g/mol. The van der Waals surface area contributed by atoms with E-state index >= 15 is 0 Å². The lowest BCUT2D eigenvalue weighted by atomic mass is 9.99. The fraction of sp³-hybridized carbons (Fsp3) is 0.545. The normalized spacial score (nSPS) is 13.3. The van der Waals surface area contributed by atoms with Crippen molar-refractivity contribution in [1.29, 1.82) is 0 Å². The molecule has 0 N–H and O–H groups in total. The maximum Gasteiger partial charge on any atom is 0.0965 e. The van der Waals surface area contributed by atoms with E-state index < -0.39 is 0 Å². The number of pyridine rings is 1. The molecule has 0 bridgehead atoms. The quantitative estimate of drug-likeness (QED) is 0.711. The standard InChI is InChI=1S/C11H17NO/c1-8(2)10-6-5-7-12-11(10)9(3)13-4/h5-9H,1-4H3/t9-/m0/s1. The van der Waals surface area contributed by atoms with E-state index in [4.69, 9.17) is 4.74 Å². The van der Waals surface area contributed by atoms with Crippen molar-refractivity contribution in [2.24, 2.45) is 0 Å². The molecule has 2 nitrogen and oxygen atoms in total. The first-order valence-corrected chi connectivity index (χ1v) is 4.64. The Morgan fingerprint density at radius 3 is 2.54 bits per heavy atom. The lowest BCUT2D eigenvalue weighted by Crippen LogP contribution is -2.05. The summed E-state index contributed by atoms with van der Waals surface area (Å²) in [5.41, 5.74) is 2.33. The zero-order chi connectivity index (χ0) is 9.84. The third-order valence-corrected chi connectivity index (χ3v) is 2.23. The Labute approximate surface area is 80.0 Å². The van der Waals surface area contributed by atoms with E-state index in [1.165, 1.54) is 5.56 Å². The van der Waals surface area contributed by atoms with Gasteiger partial charge < -0.3 is 4.74 Å². The average Bonchev–Trinajstić information content (AvgIpc) is 2.16. The molecule has 0 saturated carbocycles. The summed E-state index contributed by atoms with van der Waals surface area (Å²) in [6.45, 7) is 6.36.